The Morgan fingerprint density at radius 1 is 0.971 bits per heavy atom. The number of benzene rings is 3. The number of carbonyl (C=O) groups excluding carboxylic acids is 1. The molecule has 0 saturated heterocycles. The second kappa shape index (κ2) is 10.4. The van der Waals surface area contributed by atoms with Gasteiger partial charge in [-0.3, -0.25) is 4.79 Å². The van der Waals surface area contributed by atoms with Gasteiger partial charge in [-0.15, -0.1) is 0 Å². The number of nitrogens with zero attached hydrogens (tertiary/aromatic N) is 3. The number of imidazole rings is 1. The predicted octanol–water partition coefficient (Wildman–Crippen LogP) is 4.26. The van der Waals surface area contributed by atoms with Crippen LogP contribution in [0.3, 0.4) is 0 Å². The Balaban J connectivity index is 1.43. The monoisotopic (exact) mass is 494 g/mol. The lowest BCUT2D eigenvalue weighted by Gasteiger charge is -2.12. The minimum atomic E-state index is -3.51. The average Bonchev–Trinajstić information content (AvgIpc) is 3.20. The van der Waals surface area contributed by atoms with Crippen molar-refractivity contribution in [1.82, 2.24) is 13.9 Å². The molecule has 0 radical (unpaired) electrons. The number of nitrogens with one attached hydrogen (secondary N) is 1. The number of thioether (sulfide) groups is 1. The van der Waals surface area contributed by atoms with E-state index in [1.165, 1.54) is 43.6 Å². The average molecular weight is 495 g/mol. The van der Waals surface area contributed by atoms with Crippen molar-refractivity contribution in [3.8, 4) is 0 Å². The third-order valence-corrected chi connectivity index (χ3v) is 8.14. The number of carbonyl (C=O) groups is 1. The number of aryl methyl sites for hydroxylation is 2. The van der Waals surface area contributed by atoms with Crippen LogP contribution in [0.4, 0.5) is 5.69 Å². The fourth-order valence-electron chi connectivity index (χ4n) is 3.51. The molecule has 7 nitrogen and oxygen atoms in total. The smallest absolute Gasteiger partial charge is 0.242 e. The summed E-state index contributed by atoms with van der Waals surface area (Å²) in [6, 6.07) is 24.4. The van der Waals surface area contributed by atoms with Crippen LogP contribution in [0, 0.1) is 0 Å². The molecule has 34 heavy (non-hydrogen) atoms. The number of hydrogen-bond acceptors (Lipinski definition) is 5. The lowest BCUT2D eigenvalue weighted by molar-refractivity contribution is -0.113. The number of hydrogen-bond donors (Lipinski definition) is 1. The van der Waals surface area contributed by atoms with Gasteiger partial charge in [0.2, 0.25) is 15.9 Å². The van der Waals surface area contributed by atoms with E-state index in [1.807, 2.05) is 42.5 Å². The topological polar surface area (TPSA) is 84.3 Å². The molecule has 176 valence electrons. The van der Waals surface area contributed by atoms with Crippen LogP contribution in [0.25, 0.3) is 11.0 Å². The summed E-state index contributed by atoms with van der Waals surface area (Å²) in [6.07, 6.45) is 0.864. The lowest BCUT2D eigenvalue weighted by Crippen LogP contribution is -2.22. The van der Waals surface area contributed by atoms with Crippen LogP contribution in [-0.4, -0.2) is 48.0 Å². The molecule has 3 aromatic carbocycles. The minimum Gasteiger partial charge on any atom is -0.325 e. The van der Waals surface area contributed by atoms with Crippen molar-refractivity contribution in [3.63, 3.8) is 0 Å². The summed E-state index contributed by atoms with van der Waals surface area (Å²) >= 11 is 1.38. The van der Waals surface area contributed by atoms with Gasteiger partial charge in [-0.2, -0.15) is 0 Å². The SMILES string of the molecule is CN(C)S(=O)(=O)c1ccc(NC(=O)CSc2nc3ccccc3n2CCc2ccccc2)cc1. The normalized spacial score (nSPS) is 11.7. The molecule has 0 spiro atoms. The largest absolute Gasteiger partial charge is 0.325 e. The molecule has 0 aliphatic carbocycles. The van der Waals surface area contributed by atoms with E-state index >= 15 is 0 Å². The highest BCUT2D eigenvalue weighted by Crippen LogP contribution is 2.25. The maximum Gasteiger partial charge on any atom is 0.242 e. The van der Waals surface area contributed by atoms with E-state index < -0.39 is 10.0 Å². The van der Waals surface area contributed by atoms with E-state index in [0.29, 0.717) is 5.69 Å². The van der Waals surface area contributed by atoms with Crippen LogP contribution in [0.2, 0.25) is 0 Å². The molecule has 0 bridgehead atoms. The molecule has 1 amide bonds. The number of rotatable bonds is 9. The standard InChI is InChI=1S/C25H26N4O3S2/c1-28(2)34(31,32)21-14-12-20(13-15-21)26-24(30)18-33-25-27-22-10-6-7-11-23(22)29(25)17-16-19-8-4-3-5-9-19/h3-15H,16-18H2,1-2H3,(H,26,30). The Hall–Kier alpha value is -3.14. The molecule has 0 aliphatic heterocycles. The van der Waals surface area contributed by atoms with Crippen molar-refractivity contribution in [2.24, 2.45) is 0 Å². The molecule has 0 aliphatic rings. The summed E-state index contributed by atoms with van der Waals surface area (Å²) < 4.78 is 27.7. The van der Waals surface area contributed by atoms with E-state index in [-0.39, 0.29) is 16.6 Å². The van der Waals surface area contributed by atoms with Crippen molar-refractivity contribution in [2.75, 3.05) is 25.2 Å². The fourth-order valence-corrected chi connectivity index (χ4v) is 5.26. The van der Waals surface area contributed by atoms with Crippen LogP contribution in [0.5, 0.6) is 0 Å². The zero-order chi connectivity index (χ0) is 24.1. The van der Waals surface area contributed by atoms with Gasteiger partial charge < -0.3 is 9.88 Å². The maximum atomic E-state index is 12.6. The quantitative estimate of drug-likeness (QED) is 0.352. The summed E-state index contributed by atoms with van der Waals surface area (Å²) in [5.74, 6) is 0.00162. The van der Waals surface area contributed by atoms with Crippen LogP contribution >= 0.6 is 11.8 Å². The second-order valence-electron chi connectivity index (χ2n) is 7.92. The van der Waals surface area contributed by atoms with Crippen molar-refractivity contribution < 1.29 is 13.2 Å². The lowest BCUT2D eigenvalue weighted by atomic mass is 10.1. The van der Waals surface area contributed by atoms with E-state index in [9.17, 15) is 13.2 Å². The van der Waals surface area contributed by atoms with Crippen molar-refractivity contribution in [2.45, 2.75) is 23.0 Å². The van der Waals surface area contributed by atoms with Gasteiger partial charge in [-0.1, -0.05) is 54.2 Å². The van der Waals surface area contributed by atoms with Crippen LogP contribution < -0.4 is 5.32 Å². The number of aromatic nitrogens is 2. The third-order valence-electron chi connectivity index (χ3n) is 5.34. The molecule has 0 atom stereocenters. The first-order valence-electron chi connectivity index (χ1n) is 10.8. The number of amides is 1. The zero-order valence-corrected chi connectivity index (χ0v) is 20.6. The van der Waals surface area contributed by atoms with Gasteiger partial charge in [-0.25, -0.2) is 17.7 Å². The van der Waals surface area contributed by atoms with Gasteiger partial charge in [0.05, 0.1) is 21.7 Å². The van der Waals surface area contributed by atoms with Crippen LogP contribution in [0.1, 0.15) is 5.56 Å². The highest BCUT2D eigenvalue weighted by atomic mass is 32.2. The summed E-state index contributed by atoms with van der Waals surface area (Å²) in [5, 5.41) is 3.62. The number of fused-ring (bicyclic) bond motifs is 1. The predicted molar refractivity (Wildman–Crippen MR) is 137 cm³/mol. The number of para-hydroxylation sites is 2. The summed E-state index contributed by atoms with van der Waals surface area (Å²) in [7, 11) is -0.543. The Labute approximate surface area is 203 Å². The van der Waals surface area contributed by atoms with Gasteiger partial charge in [-0.05, 0) is 48.4 Å². The van der Waals surface area contributed by atoms with Crippen LogP contribution in [0.15, 0.2) is 88.9 Å². The third kappa shape index (κ3) is 5.49. The molecule has 0 unspecified atom stereocenters. The molecular formula is C25H26N4O3S2. The summed E-state index contributed by atoms with van der Waals surface area (Å²) in [5.41, 5.74) is 3.73. The number of anilines is 1. The molecule has 4 aromatic rings. The van der Waals surface area contributed by atoms with Crippen molar-refractivity contribution in [1.29, 1.82) is 0 Å². The zero-order valence-electron chi connectivity index (χ0n) is 19.0. The van der Waals surface area contributed by atoms with E-state index in [1.54, 1.807) is 12.1 Å². The summed E-state index contributed by atoms with van der Waals surface area (Å²) in [6.45, 7) is 0.760. The molecule has 9 heteroatoms. The first-order chi connectivity index (χ1) is 16.3. The molecule has 0 fully saturated rings. The van der Waals surface area contributed by atoms with Crippen molar-refractivity contribution in [3.05, 3.63) is 84.4 Å². The Kier molecular flexibility index (Phi) is 7.35. The Morgan fingerprint density at radius 3 is 2.35 bits per heavy atom. The molecule has 4 rings (SSSR count). The van der Waals surface area contributed by atoms with Gasteiger partial charge in [0.1, 0.15) is 0 Å². The molecule has 1 N–H and O–H groups in total. The van der Waals surface area contributed by atoms with Gasteiger partial charge in [0.15, 0.2) is 5.16 Å². The Morgan fingerprint density at radius 2 is 1.65 bits per heavy atom. The van der Waals surface area contributed by atoms with Crippen molar-refractivity contribution >= 4 is 44.4 Å². The number of sulfonamides is 1. The Bertz CT molecular complexity index is 1380. The first kappa shape index (κ1) is 24.0. The van der Waals surface area contributed by atoms with Crippen LogP contribution in [-0.2, 0) is 27.8 Å². The fraction of sp³-hybridized carbons (Fsp3) is 0.200. The molecule has 1 heterocycles. The minimum absolute atomic E-state index is 0.178. The van der Waals surface area contributed by atoms with Gasteiger partial charge >= 0.3 is 0 Å². The van der Waals surface area contributed by atoms with Gasteiger partial charge in [0.25, 0.3) is 0 Å². The van der Waals surface area contributed by atoms with E-state index in [4.69, 9.17) is 4.98 Å². The van der Waals surface area contributed by atoms with E-state index in [0.717, 1.165) is 33.5 Å². The first-order valence-corrected chi connectivity index (χ1v) is 13.2. The van der Waals surface area contributed by atoms with E-state index in [2.05, 4.69) is 22.0 Å². The summed E-state index contributed by atoms with van der Waals surface area (Å²) in [4.78, 5) is 17.5. The molecular weight excluding hydrogens is 468 g/mol. The van der Waals surface area contributed by atoms with Gasteiger partial charge in [0, 0.05) is 26.3 Å². The molecule has 0 saturated carbocycles. The highest BCUT2D eigenvalue weighted by Gasteiger charge is 2.17. The second-order valence-corrected chi connectivity index (χ2v) is 11.0. The molecule has 1 aromatic heterocycles. The maximum absolute atomic E-state index is 12.6. The highest BCUT2D eigenvalue weighted by molar-refractivity contribution is 7.99.